The van der Waals surface area contributed by atoms with E-state index in [0.717, 1.165) is 18.6 Å². The second-order valence-electron chi connectivity index (χ2n) is 6.48. The Morgan fingerprint density at radius 3 is 2.21 bits per heavy atom. The van der Waals surface area contributed by atoms with E-state index in [2.05, 4.69) is 5.32 Å². The van der Waals surface area contributed by atoms with Crippen LogP contribution in [0.2, 0.25) is 0 Å². The summed E-state index contributed by atoms with van der Waals surface area (Å²) in [6.45, 7) is 2.08. The number of nitrogens with zero attached hydrogens (tertiary/aromatic N) is 2. The number of alkyl halides is 3. The number of halogens is 3. The molecule has 0 spiro atoms. The number of anilines is 1. The summed E-state index contributed by atoms with van der Waals surface area (Å²) in [5, 5.41) is 2.59. The number of ether oxygens (including phenoxy) is 1. The first-order valence-electron chi connectivity index (χ1n) is 8.80. The van der Waals surface area contributed by atoms with Crippen molar-refractivity contribution in [2.45, 2.75) is 29.3 Å². The maximum absolute atomic E-state index is 12.5. The lowest BCUT2D eigenvalue weighted by molar-refractivity contribution is -0.142. The zero-order valence-corrected chi connectivity index (χ0v) is 15.7. The van der Waals surface area contributed by atoms with Crippen molar-refractivity contribution in [2.75, 3.05) is 38.1 Å². The number of hydrogen-bond donors (Lipinski definition) is 1. The molecule has 1 N–H and O–H groups in total. The first-order chi connectivity index (χ1) is 13.3. The van der Waals surface area contributed by atoms with Crippen molar-refractivity contribution < 1.29 is 31.7 Å². The molecule has 0 radical (unpaired) electrons. The molecule has 0 aliphatic carbocycles. The van der Waals surface area contributed by atoms with Crippen LogP contribution in [0.15, 0.2) is 29.2 Å². The molecule has 7 nitrogen and oxygen atoms in total. The average Bonchev–Trinajstić information content (AvgIpc) is 3.21. The Bertz CT molecular complexity index is 743. The predicted octanol–water partition coefficient (Wildman–Crippen LogP) is 2.17. The maximum atomic E-state index is 12.5. The van der Waals surface area contributed by atoms with Crippen LogP contribution in [0.5, 0.6) is 0 Å². The average molecular weight is 419 g/mol. The Morgan fingerprint density at radius 2 is 1.68 bits per heavy atom. The smallest absolute Gasteiger partial charge is 0.368 e. The third-order valence-electron chi connectivity index (χ3n) is 4.61. The molecule has 2 aliphatic heterocycles. The molecular formula is C17H20F3N3O4S. The number of carbonyl (C=O) groups is 2. The second-order valence-corrected chi connectivity index (χ2v) is 7.95. The molecule has 0 aromatic heterocycles. The van der Waals surface area contributed by atoms with Crippen molar-refractivity contribution >= 4 is 28.4 Å². The first-order valence-corrected chi connectivity index (χ1v) is 9.95. The van der Waals surface area contributed by atoms with Crippen LogP contribution in [-0.2, 0) is 20.3 Å². The Balaban J connectivity index is 1.50. The number of benzene rings is 1. The van der Waals surface area contributed by atoms with Gasteiger partial charge in [0.1, 0.15) is 6.10 Å². The van der Waals surface area contributed by atoms with Gasteiger partial charge in [-0.15, -0.1) is 0 Å². The van der Waals surface area contributed by atoms with E-state index < -0.39 is 22.3 Å². The second kappa shape index (κ2) is 8.48. The van der Waals surface area contributed by atoms with Crippen LogP contribution in [0.3, 0.4) is 0 Å². The van der Waals surface area contributed by atoms with Gasteiger partial charge in [-0.3, -0.25) is 4.79 Å². The van der Waals surface area contributed by atoms with E-state index in [1.54, 1.807) is 4.90 Å². The van der Waals surface area contributed by atoms with Crippen molar-refractivity contribution in [3.8, 4) is 0 Å². The van der Waals surface area contributed by atoms with Gasteiger partial charge >= 0.3 is 11.5 Å². The topological polar surface area (TPSA) is 79.0 Å². The van der Waals surface area contributed by atoms with Crippen LogP contribution in [0, 0.1) is 0 Å². The van der Waals surface area contributed by atoms with Crippen LogP contribution in [-0.4, -0.2) is 70.3 Å². The summed E-state index contributed by atoms with van der Waals surface area (Å²) in [4.78, 5) is 27.5. The minimum absolute atomic E-state index is 0.0502. The minimum Gasteiger partial charge on any atom is -0.368 e. The van der Waals surface area contributed by atoms with Crippen molar-refractivity contribution in [1.82, 2.24) is 9.80 Å². The minimum atomic E-state index is -4.83. The van der Waals surface area contributed by atoms with Gasteiger partial charge in [0.25, 0.3) is 5.91 Å². The van der Waals surface area contributed by atoms with E-state index in [1.165, 1.54) is 17.0 Å². The highest BCUT2D eigenvalue weighted by atomic mass is 32.2. The van der Waals surface area contributed by atoms with E-state index in [9.17, 15) is 27.0 Å². The summed E-state index contributed by atoms with van der Waals surface area (Å²) in [5.74, 6) is -0.0502. The summed E-state index contributed by atoms with van der Waals surface area (Å²) in [5.41, 5.74) is -4.53. The fourth-order valence-corrected chi connectivity index (χ4v) is 3.75. The van der Waals surface area contributed by atoms with Crippen molar-refractivity contribution in [3.63, 3.8) is 0 Å². The molecule has 3 rings (SSSR count). The summed E-state index contributed by atoms with van der Waals surface area (Å²) < 4.78 is 54.1. The Hall–Kier alpha value is -2.14. The third-order valence-corrected chi connectivity index (χ3v) is 5.73. The monoisotopic (exact) mass is 419 g/mol. The van der Waals surface area contributed by atoms with Crippen molar-refractivity contribution in [3.05, 3.63) is 24.3 Å². The van der Waals surface area contributed by atoms with E-state index >= 15 is 0 Å². The zero-order chi connectivity index (χ0) is 20.3. The number of nitrogens with one attached hydrogen (secondary N) is 1. The highest BCUT2D eigenvalue weighted by molar-refractivity contribution is 7.86. The zero-order valence-electron chi connectivity index (χ0n) is 14.9. The summed E-state index contributed by atoms with van der Waals surface area (Å²) in [7, 11) is -3.11. The van der Waals surface area contributed by atoms with Gasteiger partial charge in [-0.2, -0.15) is 13.2 Å². The number of hydrogen-bond acceptors (Lipinski definition) is 4. The SMILES string of the molecule is O=C(Nc1ccc([S@](=O)C(F)(F)F)cc1)N1CCN(C(=O)[C@H]2CCCO2)CC1. The first kappa shape index (κ1) is 20.6. The molecule has 0 unspecified atom stereocenters. The van der Waals surface area contributed by atoms with E-state index in [1.807, 2.05) is 0 Å². The number of carbonyl (C=O) groups excluding carboxylic acids is 2. The molecule has 0 saturated carbocycles. The number of piperazine rings is 1. The van der Waals surface area contributed by atoms with Crippen LogP contribution in [0.25, 0.3) is 0 Å². The molecule has 1 aromatic carbocycles. The number of rotatable bonds is 3. The summed E-state index contributed by atoms with van der Waals surface area (Å²) >= 11 is 0. The molecule has 2 fully saturated rings. The molecule has 2 saturated heterocycles. The molecule has 1 aromatic rings. The van der Waals surface area contributed by atoms with E-state index in [4.69, 9.17) is 4.74 Å². The molecule has 154 valence electrons. The Labute approximate surface area is 162 Å². The van der Waals surface area contributed by atoms with Gasteiger partial charge in [-0.25, -0.2) is 9.00 Å². The van der Waals surface area contributed by atoms with Gasteiger partial charge in [0.15, 0.2) is 10.8 Å². The van der Waals surface area contributed by atoms with E-state index in [0.29, 0.717) is 44.9 Å². The lowest BCUT2D eigenvalue weighted by Crippen LogP contribution is -2.53. The van der Waals surface area contributed by atoms with Crippen LogP contribution < -0.4 is 5.32 Å². The largest absolute Gasteiger partial charge is 0.475 e. The van der Waals surface area contributed by atoms with E-state index in [-0.39, 0.29) is 16.9 Å². The molecule has 2 aliphatic rings. The molecule has 2 atom stereocenters. The van der Waals surface area contributed by atoms with Crippen LogP contribution >= 0.6 is 0 Å². The Morgan fingerprint density at radius 1 is 1.07 bits per heavy atom. The third kappa shape index (κ3) is 4.82. The van der Waals surface area contributed by atoms with Gasteiger partial charge in [0, 0.05) is 43.4 Å². The molecule has 0 bridgehead atoms. The number of urea groups is 1. The van der Waals surface area contributed by atoms with Crippen molar-refractivity contribution in [1.29, 1.82) is 0 Å². The molecule has 2 heterocycles. The van der Waals surface area contributed by atoms with Gasteiger partial charge in [-0.05, 0) is 37.1 Å². The lowest BCUT2D eigenvalue weighted by atomic mass is 10.2. The fourth-order valence-electron chi connectivity index (χ4n) is 3.10. The lowest BCUT2D eigenvalue weighted by Gasteiger charge is -2.35. The van der Waals surface area contributed by atoms with Gasteiger partial charge in [0.2, 0.25) is 0 Å². The summed E-state index contributed by atoms with van der Waals surface area (Å²) in [6.07, 6.45) is 1.20. The van der Waals surface area contributed by atoms with Crippen LogP contribution in [0.1, 0.15) is 12.8 Å². The molecule has 3 amide bonds. The Kier molecular flexibility index (Phi) is 6.23. The van der Waals surface area contributed by atoms with Gasteiger partial charge in [0.05, 0.1) is 0 Å². The quantitative estimate of drug-likeness (QED) is 0.815. The van der Waals surface area contributed by atoms with Crippen molar-refractivity contribution in [2.24, 2.45) is 0 Å². The maximum Gasteiger partial charge on any atom is 0.475 e. The summed E-state index contributed by atoms with van der Waals surface area (Å²) in [6, 6.07) is 4.27. The van der Waals surface area contributed by atoms with Gasteiger partial charge < -0.3 is 19.9 Å². The standard InChI is InChI=1S/C17H20F3N3O4S/c18-17(19,20)28(26)13-5-3-12(4-6-13)21-16(25)23-9-7-22(8-10-23)15(24)14-2-1-11-27-14/h3-6,14H,1-2,7-11H2,(H,21,25)/t14-,28+/m1/s1. The fraction of sp³-hybridized carbons (Fsp3) is 0.529. The molecule has 11 heteroatoms. The highest BCUT2D eigenvalue weighted by Gasteiger charge is 2.38. The highest BCUT2D eigenvalue weighted by Crippen LogP contribution is 2.27. The molecular weight excluding hydrogens is 399 g/mol. The number of amides is 3. The predicted molar refractivity (Wildman–Crippen MR) is 95.1 cm³/mol. The molecule has 28 heavy (non-hydrogen) atoms. The van der Waals surface area contributed by atoms with Gasteiger partial charge in [-0.1, -0.05) is 0 Å². The van der Waals surface area contributed by atoms with Crippen LogP contribution in [0.4, 0.5) is 23.7 Å². The normalized spacial score (nSPS) is 21.5.